The van der Waals surface area contributed by atoms with Crippen LogP contribution in [0.3, 0.4) is 0 Å². The summed E-state index contributed by atoms with van der Waals surface area (Å²) in [7, 11) is 0. The van der Waals surface area contributed by atoms with Crippen LogP contribution < -0.4 is 10.6 Å². The van der Waals surface area contributed by atoms with Gasteiger partial charge in [0.2, 0.25) is 16.9 Å². The van der Waals surface area contributed by atoms with E-state index >= 15 is 0 Å². The molecule has 3 rings (SSSR count). The zero-order valence-corrected chi connectivity index (χ0v) is 17.5. The van der Waals surface area contributed by atoms with E-state index in [1.165, 1.54) is 35.2 Å². The molecule has 0 saturated carbocycles. The Bertz CT molecular complexity index is 964. The van der Waals surface area contributed by atoms with E-state index in [1.807, 2.05) is 12.1 Å². The first-order valence-electron chi connectivity index (χ1n) is 8.04. The van der Waals surface area contributed by atoms with E-state index in [2.05, 4.69) is 36.8 Å². The molecule has 0 saturated heterocycles. The lowest BCUT2D eigenvalue weighted by molar-refractivity contribution is -0.115. The van der Waals surface area contributed by atoms with Crippen LogP contribution in [0.4, 0.5) is 15.2 Å². The van der Waals surface area contributed by atoms with Crippen LogP contribution in [-0.4, -0.2) is 27.8 Å². The smallest absolute Gasteiger partial charge is 0.234 e. The minimum atomic E-state index is -0.348. The van der Waals surface area contributed by atoms with Crippen LogP contribution in [0.1, 0.15) is 5.56 Å². The maximum atomic E-state index is 12.9. The summed E-state index contributed by atoms with van der Waals surface area (Å²) in [5, 5.41) is 13.7. The van der Waals surface area contributed by atoms with E-state index < -0.39 is 0 Å². The molecule has 0 spiro atoms. The van der Waals surface area contributed by atoms with E-state index in [-0.39, 0.29) is 29.8 Å². The van der Waals surface area contributed by atoms with Crippen molar-refractivity contribution in [2.75, 3.05) is 16.4 Å². The fourth-order valence-corrected chi connectivity index (χ4v) is 3.96. The van der Waals surface area contributed by atoms with Gasteiger partial charge in [0, 0.05) is 10.2 Å². The third-order valence-corrected chi connectivity index (χ3v) is 5.89. The molecule has 28 heavy (non-hydrogen) atoms. The number of anilines is 2. The van der Waals surface area contributed by atoms with E-state index in [4.69, 9.17) is 0 Å². The minimum Gasteiger partial charge on any atom is -0.325 e. The van der Waals surface area contributed by atoms with E-state index in [9.17, 15) is 14.0 Å². The molecular weight excluding hydrogens is 467 g/mol. The van der Waals surface area contributed by atoms with Crippen molar-refractivity contribution in [2.45, 2.75) is 10.8 Å². The van der Waals surface area contributed by atoms with Gasteiger partial charge in [0.05, 0.1) is 12.2 Å². The average molecular weight is 481 g/mol. The van der Waals surface area contributed by atoms with Crippen molar-refractivity contribution in [3.8, 4) is 0 Å². The molecule has 144 valence electrons. The van der Waals surface area contributed by atoms with Gasteiger partial charge in [-0.2, -0.15) is 0 Å². The van der Waals surface area contributed by atoms with Gasteiger partial charge in [-0.05, 0) is 42.0 Å². The SMILES string of the molecule is O=C(CSc1nnc(NC(=O)Cc2ccc(F)cc2)s1)Nc1ccc(Br)cc1. The summed E-state index contributed by atoms with van der Waals surface area (Å²) in [6.45, 7) is 0. The highest BCUT2D eigenvalue weighted by Crippen LogP contribution is 2.25. The molecule has 6 nitrogen and oxygen atoms in total. The first-order chi connectivity index (χ1) is 13.5. The quantitative estimate of drug-likeness (QED) is 0.387. The number of hydrogen-bond acceptors (Lipinski definition) is 6. The number of thioether (sulfide) groups is 1. The molecule has 0 radical (unpaired) electrons. The van der Waals surface area contributed by atoms with Crippen molar-refractivity contribution in [1.29, 1.82) is 0 Å². The highest BCUT2D eigenvalue weighted by Gasteiger charge is 2.11. The zero-order valence-electron chi connectivity index (χ0n) is 14.3. The highest BCUT2D eigenvalue weighted by atomic mass is 79.9. The molecule has 2 aromatic carbocycles. The molecule has 2 N–H and O–H groups in total. The Morgan fingerprint density at radius 1 is 1.00 bits per heavy atom. The second kappa shape index (κ2) is 9.76. The minimum absolute atomic E-state index is 0.109. The molecule has 0 aliphatic carbocycles. The van der Waals surface area contributed by atoms with Crippen LogP contribution >= 0.6 is 39.0 Å². The summed E-state index contributed by atoms with van der Waals surface area (Å²) >= 11 is 5.76. The first kappa shape index (κ1) is 20.4. The maximum Gasteiger partial charge on any atom is 0.234 e. The fraction of sp³-hybridized carbons (Fsp3) is 0.111. The highest BCUT2D eigenvalue weighted by molar-refractivity contribution is 9.10. The fourth-order valence-electron chi connectivity index (χ4n) is 2.13. The summed E-state index contributed by atoms with van der Waals surface area (Å²) in [6.07, 6.45) is 0.109. The van der Waals surface area contributed by atoms with Crippen LogP contribution in [0.2, 0.25) is 0 Å². The number of benzene rings is 2. The molecule has 0 atom stereocenters. The molecule has 2 amide bonds. The van der Waals surface area contributed by atoms with Gasteiger partial charge in [0.25, 0.3) is 0 Å². The van der Waals surface area contributed by atoms with Crippen LogP contribution in [0.5, 0.6) is 0 Å². The lowest BCUT2D eigenvalue weighted by Gasteiger charge is -2.03. The summed E-state index contributed by atoms with van der Waals surface area (Å²) < 4.78 is 14.4. The number of nitrogens with one attached hydrogen (secondary N) is 2. The van der Waals surface area contributed by atoms with Crippen LogP contribution in [-0.2, 0) is 16.0 Å². The summed E-state index contributed by atoms with van der Waals surface area (Å²) in [5.41, 5.74) is 1.41. The van der Waals surface area contributed by atoms with Crippen molar-refractivity contribution in [3.05, 3.63) is 64.4 Å². The van der Waals surface area contributed by atoms with E-state index in [0.717, 1.165) is 4.47 Å². The third-order valence-electron chi connectivity index (χ3n) is 3.39. The normalized spacial score (nSPS) is 10.5. The van der Waals surface area contributed by atoms with Crippen LogP contribution in [0.25, 0.3) is 0 Å². The summed E-state index contributed by atoms with van der Waals surface area (Å²) in [6, 6.07) is 13.0. The Morgan fingerprint density at radius 3 is 2.43 bits per heavy atom. The second-order valence-corrected chi connectivity index (χ2v) is 8.68. The van der Waals surface area contributed by atoms with Gasteiger partial charge < -0.3 is 10.6 Å². The van der Waals surface area contributed by atoms with Gasteiger partial charge in [-0.3, -0.25) is 9.59 Å². The zero-order chi connectivity index (χ0) is 19.9. The van der Waals surface area contributed by atoms with Crippen LogP contribution in [0, 0.1) is 5.82 Å². The van der Waals surface area contributed by atoms with Crippen LogP contribution in [0.15, 0.2) is 57.3 Å². The number of carbonyl (C=O) groups excluding carboxylic acids is 2. The standard InChI is InChI=1S/C18H14BrFN4O2S2/c19-12-3-7-14(8-4-12)21-16(26)10-27-18-24-23-17(28-18)22-15(25)9-11-1-5-13(20)6-2-11/h1-8H,9-10H2,(H,21,26)(H,22,23,25). The number of rotatable bonds is 7. The lowest BCUT2D eigenvalue weighted by atomic mass is 10.1. The number of halogens is 2. The van der Waals surface area contributed by atoms with Gasteiger partial charge in [-0.15, -0.1) is 10.2 Å². The molecule has 0 aliphatic rings. The molecule has 0 unspecified atom stereocenters. The van der Waals surface area contributed by atoms with Gasteiger partial charge in [-0.1, -0.05) is 51.2 Å². The number of hydrogen-bond donors (Lipinski definition) is 2. The summed E-state index contributed by atoms with van der Waals surface area (Å²) in [4.78, 5) is 24.0. The third kappa shape index (κ3) is 6.39. The number of nitrogens with zero attached hydrogens (tertiary/aromatic N) is 2. The monoisotopic (exact) mass is 480 g/mol. The largest absolute Gasteiger partial charge is 0.325 e. The maximum absolute atomic E-state index is 12.9. The van der Waals surface area contributed by atoms with Crippen molar-refractivity contribution >= 4 is 61.7 Å². The number of carbonyl (C=O) groups is 2. The second-order valence-electron chi connectivity index (χ2n) is 5.57. The van der Waals surface area contributed by atoms with Crippen molar-refractivity contribution < 1.29 is 14.0 Å². The Morgan fingerprint density at radius 2 is 1.71 bits per heavy atom. The molecule has 3 aromatic rings. The number of aromatic nitrogens is 2. The predicted octanol–water partition coefficient (Wildman–Crippen LogP) is 4.35. The Balaban J connectivity index is 1.45. The Kier molecular flexibility index (Phi) is 7.12. The molecule has 0 aliphatic heterocycles. The van der Waals surface area contributed by atoms with Gasteiger partial charge in [0.1, 0.15) is 5.82 Å². The molecule has 1 aromatic heterocycles. The molecule has 0 fully saturated rings. The van der Waals surface area contributed by atoms with Gasteiger partial charge >= 0.3 is 0 Å². The first-order valence-corrected chi connectivity index (χ1v) is 10.6. The topological polar surface area (TPSA) is 84.0 Å². The van der Waals surface area contributed by atoms with E-state index in [1.54, 1.807) is 24.3 Å². The summed E-state index contributed by atoms with van der Waals surface area (Å²) in [5.74, 6) is -0.607. The molecule has 10 heteroatoms. The average Bonchev–Trinajstić information content (AvgIpc) is 3.11. The predicted molar refractivity (Wildman–Crippen MR) is 112 cm³/mol. The van der Waals surface area contributed by atoms with E-state index in [0.29, 0.717) is 20.7 Å². The molecular formula is C18H14BrFN4O2S2. The molecule has 1 heterocycles. The Hall–Kier alpha value is -2.30. The van der Waals surface area contributed by atoms with Crippen molar-refractivity contribution in [1.82, 2.24) is 10.2 Å². The van der Waals surface area contributed by atoms with Gasteiger partial charge in [-0.25, -0.2) is 4.39 Å². The Labute approximate surface area is 177 Å². The van der Waals surface area contributed by atoms with Gasteiger partial charge in [0.15, 0.2) is 4.34 Å². The lowest BCUT2D eigenvalue weighted by Crippen LogP contribution is -2.14. The van der Waals surface area contributed by atoms with Crippen molar-refractivity contribution in [2.24, 2.45) is 0 Å². The number of amides is 2. The van der Waals surface area contributed by atoms with Crippen molar-refractivity contribution in [3.63, 3.8) is 0 Å². The molecule has 0 bridgehead atoms.